The van der Waals surface area contributed by atoms with Gasteiger partial charge in [-0.05, 0) is 12.8 Å². The van der Waals surface area contributed by atoms with Crippen molar-refractivity contribution in [1.29, 1.82) is 0 Å². The van der Waals surface area contributed by atoms with Crippen LogP contribution in [0.4, 0.5) is 0 Å². The molecule has 0 saturated heterocycles. The zero-order valence-electron chi connectivity index (χ0n) is 5.63. The van der Waals surface area contributed by atoms with Gasteiger partial charge in [-0.1, -0.05) is 0 Å². The van der Waals surface area contributed by atoms with Crippen molar-refractivity contribution >= 4 is 11.6 Å². The lowest BCUT2D eigenvalue weighted by Crippen LogP contribution is -1.86. The lowest BCUT2D eigenvalue weighted by atomic mass is 10.5. The molecular weight excluding hydrogens is 148 g/mol. The van der Waals surface area contributed by atoms with E-state index in [-0.39, 0.29) is 0 Å². The molecule has 1 aliphatic carbocycles. The minimum atomic E-state index is 0.528. The predicted molar refractivity (Wildman–Crippen MR) is 40.1 cm³/mol. The molecule has 0 unspecified atom stereocenters. The van der Waals surface area contributed by atoms with Gasteiger partial charge in [0, 0.05) is 12.2 Å². The van der Waals surface area contributed by atoms with E-state index in [1.165, 1.54) is 12.8 Å². The van der Waals surface area contributed by atoms with Gasteiger partial charge in [-0.15, -0.1) is 11.6 Å². The molecule has 2 nitrogen and oxygen atoms in total. The van der Waals surface area contributed by atoms with Crippen LogP contribution in [0.1, 0.15) is 24.6 Å². The van der Waals surface area contributed by atoms with Gasteiger partial charge in [0.15, 0.2) is 0 Å². The molecule has 0 atom stereocenters. The normalized spacial score (nSPS) is 17.7. The van der Waals surface area contributed by atoms with Crippen molar-refractivity contribution < 1.29 is 0 Å². The van der Waals surface area contributed by atoms with E-state index in [4.69, 9.17) is 11.6 Å². The molecule has 1 aliphatic rings. The van der Waals surface area contributed by atoms with Crippen LogP contribution in [0.15, 0.2) is 12.5 Å². The molecule has 0 N–H and O–H groups in total. The van der Waals surface area contributed by atoms with Gasteiger partial charge in [0.25, 0.3) is 0 Å². The average molecular weight is 157 g/mol. The first-order valence-corrected chi connectivity index (χ1v) is 4.02. The number of rotatable bonds is 2. The third-order valence-corrected chi connectivity index (χ3v) is 2.03. The topological polar surface area (TPSA) is 17.8 Å². The van der Waals surface area contributed by atoms with E-state index < -0.39 is 0 Å². The van der Waals surface area contributed by atoms with E-state index in [1.54, 1.807) is 0 Å². The SMILES string of the molecule is ClCc1cn(C2CC2)cn1. The molecule has 0 amide bonds. The van der Waals surface area contributed by atoms with Crippen molar-refractivity contribution in [1.82, 2.24) is 9.55 Å². The van der Waals surface area contributed by atoms with Crippen molar-refractivity contribution in [2.75, 3.05) is 0 Å². The summed E-state index contributed by atoms with van der Waals surface area (Å²) in [5.74, 6) is 0.528. The van der Waals surface area contributed by atoms with Crippen LogP contribution in [0.5, 0.6) is 0 Å². The Morgan fingerprint density at radius 3 is 3.00 bits per heavy atom. The fourth-order valence-electron chi connectivity index (χ4n) is 1.02. The van der Waals surface area contributed by atoms with Gasteiger partial charge in [0.1, 0.15) is 0 Å². The predicted octanol–water partition coefficient (Wildman–Crippen LogP) is 1.96. The molecule has 54 valence electrons. The molecule has 0 radical (unpaired) electrons. The highest BCUT2D eigenvalue weighted by Crippen LogP contribution is 2.34. The van der Waals surface area contributed by atoms with E-state index in [9.17, 15) is 0 Å². The molecule has 1 fully saturated rings. The largest absolute Gasteiger partial charge is 0.334 e. The molecule has 1 heterocycles. The smallest absolute Gasteiger partial charge is 0.0952 e. The first kappa shape index (κ1) is 6.23. The number of nitrogens with zero attached hydrogens (tertiary/aromatic N) is 2. The first-order valence-electron chi connectivity index (χ1n) is 3.48. The Morgan fingerprint density at radius 1 is 1.70 bits per heavy atom. The van der Waals surface area contributed by atoms with E-state index in [0.29, 0.717) is 5.88 Å². The first-order chi connectivity index (χ1) is 4.90. The standard InChI is InChI=1S/C7H9ClN2/c8-3-6-4-10(5-9-6)7-1-2-7/h4-5,7H,1-3H2. The van der Waals surface area contributed by atoms with Crippen LogP contribution < -0.4 is 0 Å². The fraction of sp³-hybridized carbons (Fsp3) is 0.571. The van der Waals surface area contributed by atoms with Gasteiger partial charge < -0.3 is 4.57 Å². The zero-order chi connectivity index (χ0) is 6.97. The number of hydrogen-bond donors (Lipinski definition) is 0. The highest BCUT2D eigenvalue weighted by molar-refractivity contribution is 6.16. The molecule has 0 aromatic carbocycles. The fourth-order valence-corrected chi connectivity index (χ4v) is 1.16. The van der Waals surface area contributed by atoms with Crippen molar-refractivity contribution in [3.8, 4) is 0 Å². The van der Waals surface area contributed by atoms with Crippen LogP contribution in [0, 0.1) is 0 Å². The summed E-state index contributed by atoms with van der Waals surface area (Å²) in [6, 6.07) is 0.726. The summed E-state index contributed by atoms with van der Waals surface area (Å²) in [5, 5.41) is 0. The molecule has 1 saturated carbocycles. The van der Waals surface area contributed by atoms with Crippen LogP contribution >= 0.6 is 11.6 Å². The highest BCUT2D eigenvalue weighted by Gasteiger charge is 2.22. The summed E-state index contributed by atoms with van der Waals surface area (Å²) < 4.78 is 2.15. The van der Waals surface area contributed by atoms with Gasteiger partial charge >= 0.3 is 0 Å². The van der Waals surface area contributed by atoms with E-state index >= 15 is 0 Å². The van der Waals surface area contributed by atoms with Crippen molar-refractivity contribution in [2.24, 2.45) is 0 Å². The second-order valence-electron chi connectivity index (χ2n) is 2.68. The summed E-state index contributed by atoms with van der Waals surface area (Å²) >= 11 is 5.59. The Labute approximate surface area is 64.8 Å². The van der Waals surface area contributed by atoms with Gasteiger partial charge in [-0.3, -0.25) is 0 Å². The van der Waals surface area contributed by atoms with E-state index in [2.05, 4.69) is 9.55 Å². The van der Waals surface area contributed by atoms with E-state index in [0.717, 1.165) is 11.7 Å². The minimum Gasteiger partial charge on any atom is -0.334 e. The van der Waals surface area contributed by atoms with Crippen LogP contribution in [0.2, 0.25) is 0 Å². The third-order valence-electron chi connectivity index (χ3n) is 1.76. The molecule has 2 rings (SSSR count). The second-order valence-corrected chi connectivity index (χ2v) is 2.94. The Hall–Kier alpha value is -0.500. The average Bonchev–Trinajstić information content (AvgIpc) is 2.70. The van der Waals surface area contributed by atoms with Gasteiger partial charge in [-0.25, -0.2) is 4.98 Å². The summed E-state index contributed by atoms with van der Waals surface area (Å²) in [6.07, 6.45) is 6.51. The summed E-state index contributed by atoms with van der Waals surface area (Å²) in [7, 11) is 0. The molecular formula is C7H9ClN2. The molecule has 0 bridgehead atoms. The van der Waals surface area contributed by atoms with Gasteiger partial charge in [0.2, 0.25) is 0 Å². The maximum Gasteiger partial charge on any atom is 0.0952 e. The summed E-state index contributed by atoms with van der Waals surface area (Å²) in [6.45, 7) is 0. The van der Waals surface area contributed by atoms with Crippen LogP contribution in [0.25, 0.3) is 0 Å². The second kappa shape index (κ2) is 2.27. The van der Waals surface area contributed by atoms with Crippen molar-refractivity contribution in [3.05, 3.63) is 18.2 Å². The quantitative estimate of drug-likeness (QED) is 0.599. The van der Waals surface area contributed by atoms with Crippen molar-refractivity contribution in [2.45, 2.75) is 24.8 Å². The Balaban J connectivity index is 2.19. The van der Waals surface area contributed by atoms with Gasteiger partial charge in [-0.2, -0.15) is 0 Å². The maximum atomic E-state index is 5.59. The molecule has 0 spiro atoms. The number of aromatic nitrogens is 2. The molecule has 1 aromatic rings. The number of halogens is 1. The molecule has 10 heavy (non-hydrogen) atoms. The molecule has 3 heteroatoms. The Bertz CT molecular complexity index is 227. The lowest BCUT2D eigenvalue weighted by Gasteiger charge is -1.92. The molecule has 0 aliphatic heterocycles. The summed E-state index contributed by atoms with van der Waals surface area (Å²) in [5.41, 5.74) is 0.980. The number of hydrogen-bond acceptors (Lipinski definition) is 1. The third kappa shape index (κ3) is 1.03. The number of imidazole rings is 1. The van der Waals surface area contributed by atoms with Crippen LogP contribution in [-0.4, -0.2) is 9.55 Å². The zero-order valence-corrected chi connectivity index (χ0v) is 6.38. The molecule has 1 aromatic heterocycles. The maximum absolute atomic E-state index is 5.59. The lowest BCUT2D eigenvalue weighted by molar-refractivity contribution is 0.740. The van der Waals surface area contributed by atoms with Crippen LogP contribution in [0.3, 0.4) is 0 Å². The monoisotopic (exact) mass is 156 g/mol. The highest BCUT2D eigenvalue weighted by atomic mass is 35.5. The van der Waals surface area contributed by atoms with Crippen LogP contribution in [-0.2, 0) is 5.88 Å². The number of alkyl halides is 1. The van der Waals surface area contributed by atoms with E-state index in [1.807, 2.05) is 12.5 Å². The minimum absolute atomic E-state index is 0.528. The Morgan fingerprint density at radius 2 is 2.50 bits per heavy atom. The van der Waals surface area contributed by atoms with Gasteiger partial charge in [0.05, 0.1) is 17.9 Å². The van der Waals surface area contributed by atoms with Crippen molar-refractivity contribution in [3.63, 3.8) is 0 Å². The summed E-state index contributed by atoms with van der Waals surface area (Å²) in [4.78, 5) is 4.13. The Kier molecular flexibility index (Phi) is 1.42.